The van der Waals surface area contributed by atoms with Gasteiger partial charge in [-0.15, -0.1) is 0 Å². The lowest BCUT2D eigenvalue weighted by atomic mass is 9.88. The summed E-state index contributed by atoms with van der Waals surface area (Å²) >= 11 is 9.96. The average Bonchev–Trinajstić information content (AvgIpc) is 2.74. The van der Waals surface area contributed by atoms with E-state index in [2.05, 4.69) is 42.0 Å². The van der Waals surface area contributed by atoms with Gasteiger partial charge in [-0.2, -0.15) is 0 Å². The highest BCUT2D eigenvalue weighted by atomic mass is 79.9. The van der Waals surface area contributed by atoms with Crippen LogP contribution in [0.2, 0.25) is 5.02 Å². The monoisotopic (exact) mass is 533 g/mol. The van der Waals surface area contributed by atoms with Crippen LogP contribution in [-0.2, 0) is 11.3 Å². The summed E-state index contributed by atoms with van der Waals surface area (Å²) in [6.07, 6.45) is 4.09. The minimum Gasteiger partial charge on any atom is -0.335 e. The van der Waals surface area contributed by atoms with Crippen LogP contribution in [0.3, 0.4) is 0 Å². The second-order valence-corrected chi connectivity index (χ2v) is 11.3. The van der Waals surface area contributed by atoms with Gasteiger partial charge in [0.1, 0.15) is 0 Å². The molecule has 2 aromatic carbocycles. The number of nitrogens with two attached hydrogens (primary N) is 1. The zero-order valence-corrected chi connectivity index (χ0v) is 21.9. The fourth-order valence-electron chi connectivity index (χ4n) is 4.19. The maximum absolute atomic E-state index is 13.3. The zero-order valence-electron chi connectivity index (χ0n) is 19.5. The fraction of sp³-hybridized carbons (Fsp3) is 0.462. The van der Waals surface area contributed by atoms with Crippen LogP contribution in [0.5, 0.6) is 0 Å². The summed E-state index contributed by atoms with van der Waals surface area (Å²) in [7, 11) is 0. The van der Waals surface area contributed by atoms with E-state index in [-0.39, 0.29) is 29.3 Å². The van der Waals surface area contributed by atoms with Gasteiger partial charge in [0.05, 0.1) is 5.56 Å². The molecule has 0 aromatic heterocycles. The highest BCUT2D eigenvalue weighted by molar-refractivity contribution is 9.10. The molecule has 3 N–H and O–H groups in total. The summed E-state index contributed by atoms with van der Waals surface area (Å²) in [5, 5.41) is 3.52. The summed E-state index contributed by atoms with van der Waals surface area (Å²) in [5.41, 5.74) is 8.01. The molecule has 0 aliphatic heterocycles. The lowest BCUT2D eigenvalue weighted by molar-refractivity contribution is -0.137. The first kappa shape index (κ1) is 25.7. The molecule has 1 fully saturated rings. The van der Waals surface area contributed by atoms with Crippen molar-refractivity contribution in [2.24, 2.45) is 11.1 Å². The lowest BCUT2D eigenvalue weighted by Crippen LogP contribution is -2.44. The van der Waals surface area contributed by atoms with Gasteiger partial charge >= 0.3 is 0 Å². The standard InChI is InChI=1S/C26H33BrClN3O2/c1-26(2,3)15-24(32)31(20-11-8-18(29)9-12-20)16-17-14-19(10-13-23(17)28)30-25(33)21-6-4-5-7-22(21)27/h4-7,10,13-14,18,20H,8-9,11-12,15-16,29H2,1-3H3,(H,30,33). The van der Waals surface area contributed by atoms with Crippen molar-refractivity contribution in [3.8, 4) is 0 Å². The van der Waals surface area contributed by atoms with Crippen molar-refractivity contribution in [3.05, 3.63) is 63.1 Å². The van der Waals surface area contributed by atoms with Gasteiger partial charge < -0.3 is 16.0 Å². The second kappa shape index (κ2) is 11.0. The smallest absolute Gasteiger partial charge is 0.256 e. The predicted octanol–water partition coefficient (Wildman–Crippen LogP) is 6.39. The van der Waals surface area contributed by atoms with Crippen molar-refractivity contribution >= 4 is 45.0 Å². The Morgan fingerprint density at radius 3 is 2.42 bits per heavy atom. The largest absolute Gasteiger partial charge is 0.335 e. The molecule has 0 radical (unpaired) electrons. The van der Waals surface area contributed by atoms with Crippen LogP contribution in [0.4, 0.5) is 5.69 Å². The third-order valence-corrected chi connectivity index (χ3v) is 7.01. The zero-order chi connectivity index (χ0) is 24.2. The molecule has 33 heavy (non-hydrogen) atoms. The Bertz CT molecular complexity index is 997. The van der Waals surface area contributed by atoms with E-state index in [4.69, 9.17) is 17.3 Å². The van der Waals surface area contributed by atoms with E-state index in [9.17, 15) is 9.59 Å². The number of anilines is 1. The van der Waals surface area contributed by atoms with Crippen LogP contribution in [0.15, 0.2) is 46.9 Å². The number of amides is 2. The SMILES string of the molecule is CC(C)(C)CC(=O)N(Cc1cc(NC(=O)c2ccccc2Br)ccc1Cl)C1CCC(N)CC1. The Morgan fingerprint density at radius 2 is 1.79 bits per heavy atom. The molecular formula is C26H33BrClN3O2. The normalized spacial score (nSPS) is 18.6. The minimum absolute atomic E-state index is 0.108. The van der Waals surface area contributed by atoms with Crippen molar-refractivity contribution in [1.29, 1.82) is 0 Å². The molecule has 2 aromatic rings. The Morgan fingerprint density at radius 1 is 1.12 bits per heavy atom. The van der Waals surface area contributed by atoms with E-state index in [0.29, 0.717) is 29.2 Å². The predicted molar refractivity (Wildman–Crippen MR) is 138 cm³/mol. The number of halogens is 2. The van der Waals surface area contributed by atoms with E-state index in [1.54, 1.807) is 18.2 Å². The third kappa shape index (κ3) is 7.29. The Hall–Kier alpha value is -1.89. The van der Waals surface area contributed by atoms with Gasteiger partial charge in [-0.05, 0) is 82.9 Å². The Balaban J connectivity index is 1.82. The molecule has 0 saturated heterocycles. The van der Waals surface area contributed by atoms with Gasteiger partial charge in [0.25, 0.3) is 5.91 Å². The number of nitrogens with zero attached hydrogens (tertiary/aromatic N) is 1. The quantitative estimate of drug-likeness (QED) is 0.451. The third-order valence-electron chi connectivity index (χ3n) is 5.95. The Labute approximate surface area is 210 Å². The van der Waals surface area contributed by atoms with Gasteiger partial charge in [0, 0.05) is 40.2 Å². The van der Waals surface area contributed by atoms with E-state index in [0.717, 1.165) is 35.7 Å². The lowest BCUT2D eigenvalue weighted by Gasteiger charge is -2.37. The maximum atomic E-state index is 13.3. The van der Waals surface area contributed by atoms with Crippen LogP contribution in [0, 0.1) is 5.41 Å². The molecular weight excluding hydrogens is 502 g/mol. The fourth-order valence-corrected chi connectivity index (χ4v) is 4.83. The highest BCUT2D eigenvalue weighted by Gasteiger charge is 2.30. The van der Waals surface area contributed by atoms with Gasteiger partial charge in [-0.3, -0.25) is 9.59 Å². The minimum atomic E-state index is -0.210. The summed E-state index contributed by atoms with van der Waals surface area (Å²) in [6.45, 7) is 6.63. The molecule has 5 nitrogen and oxygen atoms in total. The molecule has 178 valence electrons. The molecule has 1 aliphatic carbocycles. The first-order valence-electron chi connectivity index (χ1n) is 11.4. The van der Waals surface area contributed by atoms with Crippen LogP contribution >= 0.6 is 27.5 Å². The van der Waals surface area contributed by atoms with Crippen LogP contribution in [-0.4, -0.2) is 28.8 Å². The molecule has 0 unspecified atom stereocenters. The second-order valence-electron chi connectivity index (χ2n) is 10.1. The summed E-state index contributed by atoms with van der Waals surface area (Å²) in [6, 6.07) is 13.0. The van der Waals surface area contributed by atoms with E-state index >= 15 is 0 Å². The van der Waals surface area contributed by atoms with Crippen LogP contribution in [0.25, 0.3) is 0 Å². The van der Waals surface area contributed by atoms with Gasteiger partial charge in [0.2, 0.25) is 5.91 Å². The summed E-state index contributed by atoms with van der Waals surface area (Å²) < 4.78 is 0.728. The average molecular weight is 535 g/mol. The number of carbonyl (C=O) groups excluding carboxylic acids is 2. The van der Waals surface area contributed by atoms with Crippen molar-refractivity contribution in [3.63, 3.8) is 0 Å². The van der Waals surface area contributed by atoms with E-state index in [1.807, 2.05) is 29.2 Å². The molecule has 0 atom stereocenters. The number of hydrogen-bond donors (Lipinski definition) is 2. The van der Waals surface area contributed by atoms with Gasteiger partial charge in [-0.25, -0.2) is 0 Å². The van der Waals surface area contributed by atoms with Crippen molar-refractivity contribution < 1.29 is 9.59 Å². The number of carbonyl (C=O) groups is 2. The first-order valence-corrected chi connectivity index (χ1v) is 12.6. The highest BCUT2D eigenvalue weighted by Crippen LogP contribution is 2.30. The van der Waals surface area contributed by atoms with E-state index in [1.165, 1.54) is 0 Å². The van der Waals surface area contributed by atoms with Crippen LogP contribution < -0.4 is 11.1 Å². The summed E-state index contributed by atoms with van der Waals surface area (Å²) in [4.78, 5) is 28.0. The number of benzene rings is 2. The molecule has 1 saturated carbocycles. The molecule has 7 heteroatoms. The van der Waals surface area contributed by atoms with Crippen molar-refractivity contribution in [1.82, 2.24) is 4.90 Å². The first-order chi connectivity index (χ1) is 15.5. The van der Waals surface area contributed by atoms with E-state index < -0.39 is 0 Å². The van der Waals surface area contributed by atoms with Crippen LogP contribution in [0.1, 0.15) is 68.8 Å². The topological polar surface area (TPSA) is 75.4 Å². The molecule has 0 spiro atoms. The molecule has 2 amide bonds. The molecule has 0 bridgehead atoms. The van der Waals surface area contributed by atoms with Gasteiger partial charge in [-0.1, -0.05) is 44.5 Å². The number of hydrogen-bond acceptors (Lipinski definition) is 3. The van der Waals surface area contributed by atoms with Crippen molar-refractivity contribution in [2.45, 2.75) is 71.5 Å². The number of nitrogens with one attached hydrogen (secondary N) is 1. The number of rotatable bonds is 6. The maximum Gasteiger partial charge on any atom is 0.256 e. The molecule has 1 aliphatic rings. The molecule has 0 heterocycles. The van der Waals surface area contributed by atoms with Gasteiger partial charge in [0.15, 0.2) is 0 Å². The Kier molecular flexibility index (Phi) is 8.59. The summed E-state index contributed by atoms with van der Waals surface area (Å²) in [5.74, 6) is -0.0839. The van der Waals surface area contributed by atoms with Crippen molar-refractivity contribution in [2.75, 3.05) is 5.32 Å². The molecule has 3 rings (SSSR count).